The summed E-state index contributed by atoms with van der Waals surface area (Å²) < 4.78 is 38.4. The lowest BCUT2D eigenvalue weighted by molar-refractivity contribution is -0.185. The predicted molar refractivity (Wildman–Crippen MR) is 108 cm³/mol. The average Bonchev–Trinajstić information content (AvgIpc) is 2.63. The molecule has 0 atom stereocenters. The molecule has 0 aliphatic carbocycles. The Bertz CT molecular complexity index is 325. The van der Waals surface area contributed by atoms with Crippen molar-refractivity contribution in [3.63, 3.8) is 0 Å². The number of nitrogens with zero attached hydrogens (tertiary/aromatic N) is 1. The highest BCUT2D eigenvalue weighted by molar-refractivity contribution is 5.81. The average molecular weight is 394 g/mol. The van der Waals surface area contributed by atoms with Gasteiger partial charge in [0.2, 0.25) is 0 Å². The van der Waals surface area contributed by atoms with Gasteiger partial charge >= 0.3 is 12.1 Å². The normalized spacial score (nSPS) is 11.7. The molecule has 0 fully saturated rings. The molecular weight excluding hydrogens is 351 g/mol. The smallest absolute Gasteiger partial charge is 0.335 e. The second-order valence-corrected chi connectivity index (χ2v) is 7.74. The molecule has 0 saturated carbocycles. The van der Waals surface area contributed by atoms with Gasteiger partial charge in [-0.25, -0.2) is 0 Å². The zero-order valence-electron chi connectivity index (χ0n) is 17.7. The lowest BCUT2D eigenvalue weighted by Gasteiger charge is -2.23. The topological polar surface area (TPSA) is 20.3 Å². The van der Waals surface area contributed by atoms with E-state index in [1.54, 1.807) is 0 Å². The first-order valence-corrected chi connectivity index (χ1v) is 11.3. The molecule has 0 bridgehead atoms. The Morgan fingerprint density at radius 1 is 0.593 bits per heavy atom. The number of unbranched alkanes of at least 4 members (excludes halogenated alkanes) is 14. The predicted octanol–water partition coefficient (Wildman–Crippen LogP) is 7.66. The number of amides is 1. The van der Waals surface area contributed by atoms with E-state index in [0.29, 0.717) is 12.8 Å². The summed E-state index contributed by atoms with van der Waals surface area (Å²) in [5.74, 6) is -1.66. The van der Waals surface area contributed by atoms with E-state index in [1.807, 2.05) is 0 Å². The molecule has 0 N–H and O–H groups in total. The Morgan fingerprint density at radius 2 is 0.889 bits per heavy atom. The lowest BCUT2D eigenvalue weighted by atomic mass is 10.1. The molecule has 0 aromatic heterocycles. The first-order valence-electron chi connectivity index (χ1n) is 11.3. The molecule has 1 amide bonds. The van der Waals surface area contributed by atoms with Crippen LogP contribution in [0.1, 0.15) is 117 Å². The number of carbonyl (C=O) groups excluding carboxylic acids is 1. The molecule has 0 radical (unpaired) electrons. The molecule has 0 heterocycles. The fraction of sp³-hybridized carbons (Fsp3) is 0.955. The highest BCUT2D eigenvalue weighted by atomic mass is 19.4. The monoisotopic (exact) mass is 393 g/mol. The van der Waals surface area contributed by atoms with E-state index >= 15 is 0 Å². The minimum Gasteiger partial charge on any atom is -0.335 e. The van der Waals surface area contributed by atoms with Crippen LogP contribution in [-0.2, 0) is 4.79 Å². The fourth-order valence-electron chi connectivity index (χ4n) is 3.37. The summed E-state index contributed by atoms with van der Waals surface area (Å²) in [5.41, 5.74) is 0. The van der Waals surface area contributed by atoms with Gasteiger partial charge in [-0.2, -0.15) is 13.2 Å². The SMILES string of the molecule is CCCCCCCCCCN(CCCCCCCCCC)C(=O)C(F)(F)F. The van der Waals surface area contributed by atoms with Crippen molar-refractivity contribution in [3.05, 3.63) is 0 Å². The fourth-order valence-corrected chi connectivity index (χ4v) is 3.37. The minimum atomic E-state index is -4.75. The Morgan fingerprint density at radius 3 is 1.19 bits per heavy atom. The minimum absolute atomic E-state index is 0.240. The number of halogens is 3. The molecule has 0 rings (SSSR count). The van der Waals surface area contributed by atoms with Crippen LogP contribution in [0.5, 0.6) is 0 Å². The summed E-state index contributed by atoms with van der Waals surface area (Å²) in [7, 11) is 0. The first kappa shape index (κ1) is 26.3. The van der Waals surface area contributed by atoms with Crippen LogP contribution in [0.4, 0.5) is 13.2 Å². The molecule has 27 heavy (non-hydrogen) atoms. The van der Waals surface area contributed by atoms with Crippen molar-refractivity contribution in [1.82, 2.24) is 4.90 Å². The van der Waals surface area contributed by atoms with E-state index in [2.05, 4.69) is 13.8 Å². The van der Waals surface area contributed by atoms with Crippen molar-refractivity contribution in [2.24, 2.45) is 0 Å². The quantitative estimate of drug-likeness (QED) is 0.219. The molecule has 2 nitrogen and oxygen atoms in total. The maximum Gasteiger partial charge on any atom is 0.471 e. The van der Waals surface area contributed by atoms with Crippen molar-refractivity contribution >= 4 is 5.91 Å². The number of alkyl halides is 3. The van der Waals surface area contributed by atoms with Crippen molar-refractivity contribution in [1.29, 1.82) is 0 Å². The third-order valence-corrected chi connectivity index (χ3v) is 5.09. The van der Waals surface area contributed by atoms with Crippen LogP contribution in [0, 0.1) is 0 Å². The number of hydrogen-bond donors (Lipinski definition) is 0. The van der Waals surface area contributed by atoms with Gasteiger partial charge in [-0.15, -0.1) is 0 Å². The van der Waals surface area contributed by atoms with Gasteiger partial charge in [-0.05, 0) is 12.8 Å². The molecule has 0 aromatic carbocycles. The van der Waals surface area contributed by atoms with Gasteiger partial charge in [-0.3, -0.25) is 4.79 Å². The Balaban J connectivity index is 3.97. The number of rotatable bonds is 18. The van der Waals surface area contributed by atoms with Crippen LogP contribution < -0.4 is 0 Å². The molecule has 0 unspecified atom stereocenters. The van der Waals surface area contributed by atoms with E-state index in [4.69, 9.17) is 0 Å². The van der Waals surface area contributed by atoms with Gasteiger partial charge < -0.3 is 4.90 Å². The first-order chi connectivity index (χ1) is 12.9. The van der Waals surface area contributed by atoms with E-state index in [0.717, 1.165) is 43.4 Å². The van der Waals surface area contributed by atoms with Gasteiger partial charge in [0.05, 0.1) is 0 Å². The van der Waals surface area contributed by atoms with Crippen molar-refractivity contribution in [3.8, 4) is 0 Å². The van der Waals surface area contributed by atoms with Crippen molar-refractivity contribution < 1.29 is 18.0 Å². The molecule has 0 spiro atoms. The van der Waals surface area contributed by atoms with Crippen LogP contribution in [0.2, 0.25) is 0 Å². The maximum absolute atomic E-state index is 12.8. The van der Waals surface area contributed by atoms with Crippen molar-refractivity contribution in [2.45, 2.75) is 123 Å². The molecular formula is C22H42F3NO. The third-order valence-electron chi connectivity index (χ3n) is 5.09. The van der Waals surface area contributed by atoms with Gasteiger partial charge in [0.1, 0.15) is 0 Å². The van der Waals surface area contributed by atoms with Crippen LogP contribution in [0.15, 0.2) is 0 Å². The van der Waals surface area contributed by atoms with Crippen LogP contribution >= 0.6 is 0 Å². The molecule has 0 aliphatic heterocycles. The third kappa shape index (κ3) is 16.0. The number of hydrogen-bond acceptors (Lipinski definition) is 1. The summed E-state index contributed by atoms with van der Waals surface area (Å²) in [6, 6.07) is 0. The van der Waals surface area contributed by atoms with Gasteiger partial charge in [-0.1, -0.05) is 104 Å². The van der Waals surface area contributed by atoms with E-state index in [9.17, 15) is 18.0 Å². The maximum atomic E-state index is 12.8. The largest absolute Gasteiger partial charge is 0.471 e. The highest BCUT2D eigenvalue weighted by Gasteiger charge is 2.41. The molecule has 0 aliphatic rings. The molecule has 5 heteroatoms. The van der Waals surface area contributed by atoms with E-state index < -0.39 is 12.1 Å². The second kappa shape index (κ2) is 17.4. The molecule has 162 valence electrons. The zero-order valence-corrected chi connectivity index (χ0v) is 17.7. The van der Waals surface area contributed by atoms with Gasteiger partial charge in [0, 0.05) is 13.1 Å². The van der Waals surface area contributed by atoms with Crippen LogP contribution in [0.3, 0.4) is 0 Å². The Hall–Kier alpha value is -0.740. The van der Waals surface area contributed by atoms with E-state index in [1.165, 1.54) is 51.4 Å². The lowest BCUT2D eigenvalue weighted by Crippen LogP contribution is -2.42. The van der Waals surface area contributed by atoms with Crippen LogP contribution in [0.25, 0.3) is 0 Å². The molecule has 0 aromatic rings. The summed E-state index contributed by atoms with van der Waals surface area (Å²) in [6.07, 6.45) is 12.6. The summed E-state index contributed by atoms with van der Waals surface area (Å²) in [5, 5.41) is 0. The summed E-state index contributed by atoms with van der Waals surface area (Å²) in [6.45, 7) is 4.84. The van der Waals surface area contributed by atoms with Gasteiger partial charge in [0.15, 0.2) is 0 Å². The number of carbonyl (C=O) groups is 1. The highest BCUT2D eigenvalue weighted by Crippen LogP contribution is 2.20. The summed E-state index contributed by atoms with van der Waals surface area (Å²) >= 11 is 0. The van der Waals surface area contributed by atoms with E-state index in [-0.39, 0.29) is 13.1 Å². The zero-order chi connectivity index (χ0) is 20.4. The Labute approximate surface area is 165 Å². The Kier molecular flexibility index (Phi) is 16.9. The second-order valence-electron chi connectivity index (χ2n) is 7.74. The standard InChI is InChI=1S/C22H42F3NO/c1-3-5-7-9-11-13-15-17-19-26(21(27)22(23,24)25)20-18-16-14-12-10-8-6-4-2/h3-20H2,1-2H3. The van der Waals surface area contributed by atoms with Crippen molar-refractivity contribution in [2.75, 3.05) is 13.1 Å². The molecule has 0 saturated heterocycles. The van der Waals surface area contributed by atoms with Gasteiger partial charge in [0.25, 0.3) is 0 Å². The summed E-state index contributed by atoms with van der Waals surface area (Å²) in [4.78, 5) is 12.7. The van der Waals surface area contributed by atoms with Crippen LogP contribution in [-0.4, -0.2) is 30.1 Å².